The normalized spacial score (nSPS) is 14.4. The average molecular weight is 193 g/mol. The predicted molar refractivity (Wildman–Crippen MR) is 47.2 cm³/mol. The number of nitrogens with one attached hydrogen (secondary N) is 1. The third kappa shape index (κ3) is 3.47. The number of nitrogens with two attached hydrogens (primary N) is 1. The average Bonchev–Trinajstić information content (AvgIpc) is 1.96. The van der Waals surface area contributed by atoms with Gasteiger partial charge in [0, 0.05) is 4.75 Å². The first-order valence-corrected chi connectivity index (χ1v) is 3.67. The van der Waals surface area contributed by atoms with Crippen LogP contribution in [0.3, 0.4) is 0 Å². The molecule has 0 radical (unpaired) electrons. The van der Waals surface area contributed by atoms with E-state index in [0.717, 1.165) is 0 Å². The Hall–Kier alpha value is -0.910. The minimum absolute atomic E-state index is 0.866. The van der Waals surface area contributed by atoms with E-state index in [1.165, 1.54) is 5.73 Å². The van der Waals surface area contributed by atoms with Gasteiger partial charge in [0.15, 0.2) is 1.41 Å². The first-order valence-electron chi connectivity index (χ1n) is 3.72. The highest BCUT2D eigenvalue weighted by molar-refractivity contribution is 7.81. The molecule has 0 spiro atoms. The zero-order chi connectivity index (χ0) is 10.6. The Balaban J connectivity index is 4.46. The van der Waals surface area contributed by atoms with Gasteiger partial charge in [-0.05, 0) is 13.8 Å². The van der Waals surface area contributed by atoms with Gasteiger partial charge in [0.05, 0.1) is 0 Å². The van der Waals surface area contributed by atoms with Gasteiger partial charge in [0.1, 0.15) is 6.04 Å². The van der Waals surface area contributed by atoms with Crippen molar-refractivity contribution >= 4 is 24.6 Å². The number of hydrogen-bond donors (Lipinski definition) is 4. The third-order valence-corrected chi connectivity index (χ3v) is 1.49. The topological polar surface area (TPSA) is 92.4 Å². The molecule has 4 N–H and O–H groups in total. The molecule has 0 aliphatic heterocycles. The van der Waals surface area contributed by atoms with E-state index in [2.05, 4.69) is 17.9 Å². The first-order chi connectivity index (χ1) is 5.79. The molecular formula is C6H12N2O3S. The molecule has 0 saturated carbocycles. The summed E-state index contributed by atoms with van der Waals surface area (Å²) >= 11 is 4.02. The van der Waals surface area contributed by atoms with Crippen LogP contribution in [0.4, 0.5) is 4.79 Å². The van der Waals surface area contributed by atoms with Crippen LogP contribution in [0.15, 0.2) is 0 Å². The quantitative estimate of drug-likeness (QED) is 0.468. The van der Waals surface area contributed by atoms with Crippen molar-refractivity contribution in [1.82, 2.24) is 5.32 Å². The van der Waals surface area contributed by atoms with E-state index in [1.54, 1.807) is 13.8 Å². The molecule has 0 aromatic rings. The van der Waals surface area contributed by atoms with Gasteiger partial charge in [0.25, 0.3) is 0 Å². The zero-order valence-electron chi connectivity index (χ0n) is 7.79. The number of carbonyl (C=O) groups excluding carboxylic acids is 1. The molecule has 12 heavy (non-hydrogen) atoms. The van der Waals surface area contributed by atoms with Crippen LogP contribution < -0.4 is 11.0 Å². The van der Waals surface area contributed by atoms with Crippen molar-refractivity contribution in [2.75, 3.05) is 0 Å². The number of thiol groups is 1. The molecule has 0 saturated heterocycles. The lowest BCUT2D eigenvalue weighted by Crippen LogP contribution is -2.53. The van der Waals surface area contributed by atoms with Crippen LogP contribution in [0.5, 0.6) is 0 Å². The SMILES string of the molecule is [2H]NC(=O)N[C@H](C(=O)O)C(C)(C)S. The molecule has 70 valence electrons. The standard InChI is InChI=1S/C6H12N2O3S/c1-6(2,12)3(4(9)10)8-5(7)11/h3,12H,1-2H3,(H,9,10)(H3,7,8,11)/t3-/m1/s1/i/hD. The molecule has 1 atom stereocenters. The molecule has 0 bridgehead atoms. The Morgan fingerprint density at radius 2 is 2.25 bits per heavy atom. The van der Waals surface area contributed by atoms with E-state index in [9.17, 15) is 9.59 Å². The number of amides is 2. The number of urea groups is 1. The fourth-order valence-corrected chi connectivity index (χ4v) is 0.847. The molecular weight excluding hydrogens is 180 g/mol. The summed E-state index contributed by atoms with van der Waals surface area (Å²) in [6.45, 7) is 3.11. The summed E-state index contributed by atoms with van der Waals surface area (Å²) in [5, 5.41) is 10.8. The van der Waals surface area contributed by atoms with E-state index in [-0.39, 0.29) is 0 Å². The molecule has 2 amide bonds. The molecule has 0 aliphatic carbocycles. The van der Waals surface area contributed by atoms with E-state index in [1.807, 2.05) is 0 Å². The lowest BCUT2D eigenvalue weighted by atomic mass is 10.0. The van der Waals surface area contributed by atoms with Gasteiger partial charge in [0.2, 0.25) is 0 Å². The van der Waals surface area contributed by atoms with E-state index in [0.29, 0.717) is 0 Å². The number of rotatable bonds is 3. The lowest BCUT2D eigenvalue weighted by Gasteiger charge is -2.25. The van der Waals surface area contributed by atoms with Gasteiger partial charge in [-0.15, -0.1) is 0 Å². The maximum atomic E-state index is 10.7. The van der Waals surface area contributed by atoms with E-state index >= 15 is 0 Å². The summed E-state index contributed by atoms with van der Waals surface area (Å²) in [6.07, 6.45) is 0. The summed E-state index contributed by atoms with van der Waals surface area (Å²) in [5.41, 5.74) is 1.53. The molecule has 6 heteroatoms. The van der Waals surface area contributed by atoms with Crippen LogP contribution in [0.1, 0.15) is 13.8 Å². The van der Waals surface area contributed by atoms with E-state index < -0.39 is 22.8 Å². The van der Waals surface area contributed by atoms with Crippen LogP contribution in [-0.2, 0) is 4.79 Å². The second-order valence-corrected chi connectivity index (χ2v) is 4.05. The Morgan fingerprint density at radius 3 is 2.50 bits per heavy atom. The van der Waals surface area contributed by atoms with Crippen LogP contribution in [0.2, 0.25) is 1.41 Å². The van der Waals surface area contributed by atoms with Crippen molar-refractivity contribution in [3.63, 3.8) is 0 Å². The van der Waals surface area contributed by atoms with Crippen molar-refractivity contribution < 1.29 is 16.1 Å². The highest BCUT2D eigenvalue weighted by Crippen LogP contribution is 2.17. The van der Waals surface area contributed by atoms with Gasteiger partial charge in [-0.2, -0.15) is 12.6 Å². The van der Waals surface area contributed by atoms with Gasteiger partial charge in [-0.25, -0.2) is 9.59 Å². The summed E-state index contributed by atoms with van der Waals surface area (Å²) in [5.74, 6) is -1.19. The number of carboxylic acid groups (broad SMARTS) is 1. The van der Waals surface area contributed by atoms with Crippen molar-refractivity contribution in [2.45, 2.75) is 24.6 Å². The Morgan fingerprint density at radius 1 is 1.75 bits per heavy atom. The molecule has 5 nitrogen and oxygen atoms in total. The van der Waals surface area contributed by atoms with Crippen molar-refractivity contribution in [3.05, 3.63) is 0 Å². The van der Waals surface area contributed by atoms with Crippen LogP contribution >= 0.6 is 12.6 Å². The van der Waals surface area contributed by atoms with Crippen LogP contribution in [0, 0.1) is 0 Å². The Labute approximate surface area is 77.2 Å². The van der Waals surface area contributed by atoms with Gasteiger partial charge in [-0.3, -0.25) is 0 Å². The fourth-order valence-electron chi connectivity index (χ4n) is 0.672. The highest BCUT2D eigenvalue weighted by Gasteiger charge is 2.32. The van der Waals surface area contributed by atoms with Gasteiger partial charge in [-0.1, -0.05) is 0 Å². The van der Waals surface area contributed by atoms with Crippen molar-refractivity contribution in [2.24, 2.45) is 5.73 Å². The van der Waals surface area contributed by atoms with Gasteiger partial charge < -0.3 is 16.2 Å². The molecule has 0 aliphatic rings. The second-order valence-electron chi connectivity index (χ2n) is 2.90. The molecule has 0 rings (SSSR count). The second kappa shape index (κ2) is 3.66. The molecule has 0 aromatic heterocycles. The Kier molecular flexibility index (Phi) is 2.80. The Bertz CT molecular complexity index is 216. The summed E-state index contributed by atoms with van der Waals surface area (Å²) in [7, 11) is 0. The maximum absolute atomic E-state index is 10.7. The van der Waals surface area contributed by atoms with Crippen LogP contribution in [-0.4, -0.2) is 27.9 Å². The van der Waals surface area contributed by atoms with E-state index in [4.69, 9.17) is 6.52 Å². The number of carboxylic acids is 1. The smallest absolute Gasteiger partial charge is 0.327 e. The summed E-state index contributed by atoms with van der Waals surface area (Å²) in [4.78, 5) is 21.3. The summed E-state index contributed by atoms with van der Waals surface area (Å²) in [6, 6.07) is -2.00. The zero-order valence-corrected chi connectivity index (χ0v) is 7.68. The summed E-state index contributed by atoms with van der Waals surface area (Å²) < 4.78 is 5.58. The molecule has 0 heterocycles. The number of carbonyl (C=O) groups is 2. The fraction of sp³-hybridized carbons (Fsp3) is 0.667. The number of aliphatic carboxylic acids is 1. The number of hydrogen-bond acceptors (Lipinski definition) is 3. The molecule has 0 aromatic carbocycles. The van der Waals surface area contributed by atoms with Gasteiger partial charge >= 0.3 is 12.0 Å². The number of primary amides is 1. The highest BCUT2D eigenvalue weighted by atomic mass is 32.1. The predicted octanol–water partition coefficient (Wildman–Crippen LogP) is -0.184. The first kappa shape index (κ1) is 9.18. The lowest BCUT2D eigenvalue weighted by molar-refractivity contribution is -0.139. The van der Waals surface area contributed by atoms with Crippen molar-refractivity contribution in [3.8, 4) is 0 Å². The maximum Gasteiger partial charge on any atom is 0.327 e. The van der Waals surface area contributed by atoms with Crippen molar-refractivity contribution in [1.29, 1.82) is 0 Å². The molecule has 0 fully saturated rings. The third-order valence-electron chi connectivity index (χ3n) is 1.23. The largest absolute Gasteiger partial charge is 0.480 e. The molecule has 0 unspecified atom stereocenters. The minimum Gasteiger partial charge on any atom is -0.480 e. The minimum atomic E-state index is -1.19. The van der Waals surface area contributed by atoms with Crippen LogP contribution in [0.25, 0.3) is 0 Å². The monoisotopic (exact) mass is 193 g/mol.